The summed E-state index contributed by atoms with van der Waals surface area (Å²) in [7, 11) is -5.92. The van der Waals surface area contributed by atoms with E-state index in [-0.39, 0.29) is 22.7 Å². The molecule has 2 heterocycles. The lowest BCUT2D eigenvalue weighted by atomic mass is 9.91. The zero-order valence-electron chi connectivity index (χ0n) is 12.0. The van der Waals surface area contributed by atoms with Gasteiger partial charge in [0.25, 0.3) is 0 Å². The summed E-state index contributed by atoms with van der Waals surface area (Å²) in [5.41, 5.74) is -5.63. The first-order valence-electron chi connectivity index (χ1n) is 6.60. The molecule has 2 aliphatic rings. The highest BCUT2D eigenvalue weighted by atomic mass is 32.2. The topological polar surface area (TPSA) is 124 Å². The summed E-state index contributed by atoms with van der Waals surface area (Å²) < 4.78 is 63.3. The number of amides is 2. The van der Waals surface area contributed by atoms with E-state index in [4.69, 9.17) is 0 Å². The molecule has 25 heavy (non-hydrogen) atoms. The first-order valence-corrected chi connectivity index (χ1v) is 8.01. The summed E-state index contributed by atoms with van der Waals surface area (Å²) in [5.74, 6) is -2.14. The molecule has 1 unspecified atom stereocenters. The van der Waals surface area contributed by atoms with Crippen molar-refractivity contribution in [3.05, 3.63) is 29.3 Å². The van der Waals surface area contributed by atoms with Gasteiger partial charge >= 0.3 is 27.6 Å². The van der Waals surface area contributed by atoms with Crippen molar-refractivity contribution in [1.29, 1.82) is 0 Å². The third-order valence-electron chi connectivity index (χ3n) is 3.85. The summed E-state index contributed by atoms with van der Waals surface area (Å²) in [6.07, 6.45) is 0. The molecule has 2 amide bonds. The third kappa shape index (κ3) is 2.55. The number of carbonyl (C=O) groups excluding carboxylic acids is 1. The first-order chi connectivity index (χ1) is 11.4. The van der Waals surface area contributed by atoms with Crippen molar-refractivity contribution in [3.8, 4) is 5.75 Å². The number of carboxylic acids is 1. The Hall–Kier alpha value is -2.54. The Morgan fingerprint density at radius 1 is 1.28 bits per heavy atom. The molecule has 2 aliphatic heterocycles. The maximum atomic E-state index is 12.4. The number of urea groups is 1. The second-order valence-electron chi connectivity index (χ2n) is 5.31. The molecule has 1 aromatic rings. The van der Waals surface area contributed by atoms with E-state index in [1.807, 2.05) is 0 Å². The number of nitrogens with zero attached hydrogens (tertiary/aromatic N) is 2. The Labute approximate surface area is 137 Å². The third-order valence-corrected chi connectivity index (χ3v) is 4.83. The molecule has 1 aromatic carbocycles. The molecule has 2 bridgehead atoms. The zero-order chi connectivity index (χ0) is 18.7. The summed E-state index contributed by atoms with van der Waals surface area (Å²) >= 11 is 0. The highest BCUT2D eigenvalue weighted by Crippen LogP contribution is 2.44. The number of fused-ring (bicyclic) bond motifs is 4. The highest BCUT2D eigenvalue weighted by molar-refractivity contribution is 7.88. The summed E-state index contributed by atoms with van der Waals surface area (Å²) in [4.78, 5) is 24.2. The Morgan fingerprint density at radius 3 is 2.48 bits per heavy atom. The van der Waals surface area contributed by atoms with Crippen molar-refractivity contribution in [2.75, 3.05) is 6.54 Å². The largest absolute Gasteiger partial charge is 0.534 e. The summed E-state index contributed by atoms with van der Waals surface area (Å²) in [5, 5.41) is 19.3. The van der Waals surface area contributed by atoms with Gasteiger partial charge < -0.3 is 14.2 Å². The lowest BCUT2D eigenvalue weighted by molar-refractivity contribution is -0.142. The molecule has 13 heteroatoms. The summed E-state index contributed by atoms with van der Waals surface area (Å²) in [6.45, 7) is -0.227. The molecule has 2 N–H and O–H groups in total. The van der Waals surface area contributed by atoms with Gasteiger partial charge in [-0.25, -0.2) is 9.59 Å². The van der Waals surface area contributed by atoms with E-state index in [0.717, 1.165) is 23.1 Å². The van der Waals surface area contributed by atoms with Crippen LogP contribution >= 0.6 is 0 Å². The fourth-order valence-corrected chi connectivity index (χ4v) is 3.25. The lowest BCUT2D eigenvalue weighted by Crippen LogP contribution is -2.38. The number of hydroxylamine groups is 2. The number of rotatable bonds is 3. The monoisotopic (exact) mass is 382 g/mol. The van der Waals surface area contributed by atoms with Crippen molar-refractivity contribution >= 4 is 22.1 Å². The van der Waals surface area contributed by atoms with E-state index < -0.39 is 45.5 Å². The highest BCUT2D eigenvalue weighted by Gasteiger charge is 2.51. The molecule has 1 fully saturated rings. The van der Waals surface area contributed by atoms with Crippen molar-refractivity contribution in [2.45, 2.75) is 17.6 Å². The molecule has 136 valence electrons. The number of hydrogen-bond donors (Lipinski definition) is 2. The van der Waals surface area contributed by atoms with Crippen LogP contribution in [0.25, 0.3) is 0 Å². The van der Waals surface area contributed by atoms with Gasteiger partial charge in [-0.2, -0.15) is 26.7 Å². The van der Waals surface area contributed by atoms with Gasteiger partial charge in [-0.05, 0) is 23.3 Å². The van der Waals surface area contributed by atoms with Gasteiger partial charge in [0.1, 0.15) is 11.8 Å². The van der Waals surface area contributed by atoms with Crippen LogP contribution in [0.1, 0.15) is 23.2 Å². The normalized spacial score (nSPS) is 22.8. The van der Waals surface area contributed by atoms with E-state index in [2.05, 4.69) is 4.18 Å². The average Bonchev–Trinajstić information content (AvgIpc) is 2.72. The molecule has 3 rings (SSSR count). The molecule has 0 saturated carbocycles. The van der Waals surface area contributed by atoms with Crippen molar-refractivity contribution in [3.63, 3.8) is 0 Å². The van der Waals surface area contributed by atoms with Crippen LogP contribution in [-0.4, -0.2) is 52.7 Å². The Bertz CT molecular complexity index is 870. The molecule has 9 nitrogen and oxygen atoms in total. The second-order valence-corrected chi connectivity index (χ2v) is 6.85. The molecule has 1 saturated heterocycles. The fourth-order valence-electron chi connectivity index (χ4n) is 2.80. The van der Waals surface area contributed by atoms with E-state index in [1.165, 1.54) is 0 Å². The molecule has 2 atom stereocenters. The van der Waals surface area contributed by atoms with E-state index >= 15 is 0 Å². The SMILES string of the molecule is O=C(O)C1c2ccc(OS(=O)(=O)C(F)(F)F)cc2[C@H]2CN1C(=O)N2O. The van der Waals surface area contributed by atoms with Gasteiger partial charge in [-0.15, -0.1) is 0 Å². The first kappa shape index (κ1) is 17.3. The number of hydrogen-bond acceptors (Lipinski definition) is 6. The minimum absolute atomic E-state index is 0.0214. The molecular weight excluding hydrogens is 373 g/mol. The molecular formula is C12H9F3N2O7S. The molecule has 0 aliphatic carbocycles. The minimum Gasteiger partial charge on any atom is -0.479 e. The maximum Gasteiger partial charge on any atom is 0.534 e. The fraction of sp³-hybridized carbons (Fsp3) is 0.333. The van der Waals surface area contributed by atoms with Crippen LogP contribution in [0.2, 0.25) is 0 Å². The second kappa shape index (κ2) is 5.23. The van der Waals surface area contributed by atoms with Crippen molar-refractivity contribution < 1.29 is 45.7 Å². The smallest absolute Gasteiger partial charge is 0.479 e. The van der Waals surface area contributed by atoms with Crippen LogP contribution in [0.5, 0.6) is 5.75 Å². The number of halogens is 3. The number of aliphatic carboxylic acids is 1. The number of carboxylic acid groups (broad SMARTS) is 1. The number of alkyl halides is 3. The van der Waals surface area contributed by atoms with E-state index in [9.17, 15) is 41.5 Å². The van der Waals surface area contributed by atoms with Gasteiger partial charge in [0.2, 0.25) is 0 Å². The summed E-state index contributed by atoms with van der Waals surface area (Å²) in [6, 6.07) is -0.770. The minimum atomic E-state index is -5.92. The maximum absolute atomic E-state index is 12.4. The van der Waals surface area contributed by atoms with Gasteiger partial charge in [0, 0.05) is 0 Å². The van der Waals surface area contributed by atoms with Crippen LogP contribution in [0.15, 0.2) is 18.2 Å². The number of carbonyl (C=O) groups is 2. The average molecular weight is 382 g/mol. The Morgan fingerprint density at radius 2 is 1.92 bits per heavy atom. The van der Waals surface area contributed by atoms with Crippen molar-refractivity contribution in [1.82, 2.24) is 9.96 Å². The Balaban J connectivity index is 2.06. The van der Waals surface area contributed by atoms with Gasteiger partial charge in [-0.1, -0.05) is 6.07 Å². The van der Waals surface area contributed by atoms with E-state index in [0.29, 0.717) is 0 Å². The van der Waals surface area contributed by atoms with E-state index in [1.54, 1.807) is 0 Å². The number of benzene rings is 1. The van der Waals surface area contributed by atoms with Gasteiger partial charge in [-0.3, -0.25) is 5.21 Å². The van der Waals surface area contributed by atoms with Crippen LogP contribution in [0.3, 0.4) is 0 Å². The van der Waals surface area contributed by atoms with Crippen LogP contribution in [0.4, 0.5) is 18.0 Å². The van der Waals surface area contributed by atoms with Gasteiger partial charge in [0.05, 0.1) is 6.54 Å². The predicted octanol–water partition coefficient (Wildman–Crippen LogP) is 1.22. The van der Waals surface area contributed by atoms with Gasteiger partial charge in [0.15, 0.2) is 6.04 Å². The molecule has 0 aromatic heterocycles. The van der Waals surface area contributed by atoms with Crippen LogP contribution < -0.4 is 4.18 Å². The quantitative estimate of drug-likeness (QED) is 0.458. The van der Waals surface area contributed by atoms with Crippen LogP contribution in [0, 0.1) is 0 Å². The van der Waals surface area contributed by atoms with Crippen molar-refractivity contribution in [2.24, 2.45) is 0 Å². The lowest BCUT2D eigenvalue weighted by Gasteiger charge is -2.30. The van der Waals surface area contributed by atoms with Crippen LogP contribution in [-0.2, 0) is 14.9 Å². The molecule has 0 radical (unpaired) electrons. The zero-order valence-corrected chi connectivity index (χ0v) is 12.8. The molecule has 0 spiro atoms. The standard InChI is InChI=1S/C12H9F3N2O7S/c13-12(14,15)25(22,23)24-5-1-2-6-7(3-5)8-4-16(9(6)10(18)19)11(20)17(8)21/h1-3,8-9,21H,4H2,(H,18,19)/t8-,9?/m1/s1. The predicted molar refractivity (Wildman–Crippen MR) is 70.9 cm³/mol. The Kier molecular flexibility index (Phi) is 3.61.